The summed E-state index contributed by atoms with van der Waals surface area (Å²) < 4.78 is 220. The van der Waals surface area contributed by atoms with Crippen molar-refractivity contribution in [2.45, 2.75) is 176 Å². The molecule has 0 aliphatic carbocycles. The largest absolute Gasteiger partial charge is 2.00 e. The quantitative estimate of drug-likeness (QED) is 0.0297. The zero-order valence-corrected chi connectivity index (χ0v) is 64.1. The SMILES string of the molecule is C.C=CC[C@@]1(NS(=O)C(C)(C)C)CC[C@@](CO[C@H]([CH2+])c2cc(C(F)(F)F)cc(C(F)(F)F)c2)(c2ccccc2)N(C(=O)OCc2ccccc2)C1.C=CC[C@]1(NS(=O)C(C)(C)C)CC[C@@](CO[C@H](C)c2cc(C(F)(F)F)cc(C(F)(F)F)c2)(c2ccccc2)N(C(=O)OCc2ccccc2)C1.C=C[CH2-].[Br-].[Mg+2]. The van der Waals surface area contributed by atoms with Crippen molar-refractivity contribution in [2.75, 3.05) is 26.3 Å². The molecule has 6 aromatic carbocycles. The molecule has 2 heterocycles. The van der Waals surface area contributed by atoms with E-state index in [0.29, 0.717) is 66.6 Å². The van der Waals surface area contributed by atoms with E-state index in [0.717, 1.165) is 5.56 Å². The molecule has 12 nitrogen and oxygen atoms in total. The van der Waals surface area contributed by atoms with Gasteiger partial charge in [0.15, 0.2) is 0 Å². The van der Waals surface area contributed by atoms with Gasteiger partial charge in [0.1, 0.15) is 13.2 Å². The van der Waals surface area contributed by atoms with Crippen LogP contribution in [-0.2, 0) is 89.9 Å². The molecule has 106 heavy (non-hydrogen) atoms. The molecular formula is C78H92BrF12MgN4O8S2+. The van der Waals surface area contributed by atoms with Gasteiger partial charge < -0.3 is 35.9 Å². The molecule has 0 spiro atoms. The molecule has 2 unspecified atom stereocenters. The van der Waals surface area contributed by atoms with Crippen molar-refractivity contribution < 1.29 is 107 Å². The van der Waals surface area contributed by atoms with Gasteiger partial charge in [-0.3, -0.25) is 9.80 Å². The molecule has 2 fully saturated rings. The van der Waals surface area contributed by atoms with Crippen molar-refractivity contribution in [3.05, 3.63) is 265 Å². The first-order chi connectivity index (χ1) is 48.0. The summed E-state index contributed by atoms with van der Waals surface area (Å²) in [5, 5.41) is 0. The van der Waals surface area contributed by atoms with Gasteiger partial charge in [-0.1, -0.05) is 141 Å². The molecule has 8 rings (SSSR count). The Bertz CT molecular complexity index is 3540. The van der Waals surface area contributed by atoms with E-state index in [1.165, 1.54) is 22.8 Å². The molecule has 0 aromatic heterocycles. The number of ether oxygens (including phenoxy) is 4. The molecule has 8 atom stereocenters. The van der Waals surface area contributed by atoms with Crippen molar-refractivity contribution in [3.8, 4) is 0 Å². The third-order valence-corrected chi connectivity index (χ3v) is 20.9. The Hall–Kier alpha value is -6.63. The molecule has 6 aromatic rings. The van der Waals surface area contributed by atoms with Crippen LogP contribution in [-0.4, -0.2) is 100 Å². The van der Waals surface area contributed by atoms with Crippen molar-refractivity contribution in [3.63, 3.8) is 0 Å². The molecule has 2 N–H and O–H groups in total. The summed E-state index contributed by atoms with van der Waals surface area (Å²) in [5.74, 6) is 0. The maximum atomic E-state index is 14.2. The average Bonchev–Trinajstić information content (AvgIpc) is 0.746. The number of nitrogens with zero attached hydrogens (tertiary/aromatic N) is 2. The van der Waals surface area contributed by atoms with Crippen LogP contribution < -0.4 is 26.4 Å². The van der Waals surface area contributed by atoms with Crippen LogP contribution in [0.3, 0.4) is 0 Å². The normalized spacial score (nSPS) is 20.3. The number of hydrogen-bond donors (Lipinski definition) is 2. The number of benzene rings is 6. The van der Waals surface area contributed by atoms with Crippen molar-refractivity contribution in [1.29, 1.82) is 0 Å². The van der Waals surface area contributed by atoms with Gasteiger partial charge in [-0.2, -0.15) is 52.7 Å². The van der Waals surface area contributed by atoms with Gasteiger partial charge in [0.25, 0.3) is 0 Å². The first kappa shape index (κ1) is 93.6. The number of nitrogens with one attached hydrogen (secondary N) is 2. The van der Waals surface area contributed by atoms with E-state index >= 15 is 0 Å². The third-order valence-electron chi connectivity index (χ3n) is 17.4. The number of allylic oxidation sites excluding steroid dienone is 1. The van der Waals surface area contributed by atoms with Crippen LogP contribution in [0.2, 0.25) is 0 Å². The summed E-state index contributed by atoms with van der Waals surface area (Å²) >= 11 is 0. The average molecular weight is 1610 g/mol. The first-order valence-electron chi connectivity index (χ1n) is 32.7. The predicted octanol–water partition coefficient (Wildman–Crippen LogP) is 17.1. The minimum absolute atomic E-state index is 0. The maximum absolute atomic E-state index is 14.2. The second kappa shape index (κ2) is 39.1. The molecule has 0 saturated carbocycles. The minimum Gasteiger partial charge on any atom is -1.00 e. The van der Waals surface area contributed by atoms with Gasteiger partial charge in [-0.15, -0.1) is 13.2 Å². The standard InChI is InChI=1S/C37H42F6N2O4S.C37H41F6N2O4S.C3H5.CH4.BrH.Mg/c2*1-6-17-34(44-50(47)33(3,4)5)18-19-35(29-15-11-8-12-16-29,45(24-34)32(46)48-23-27-13-9-7-10-14-27)25-49-26(2)28-20-30(36(38,39)40)22-31(21-28)37(41,42)43;1-3-2;;;/h6-16,20-22,26,44H,1,17-19,23-25H2,2-5H3;6-16,20-22,26,44H,1-2,17-19,23-25H2,3-5H3;3H,1-2H2;1H4;1H;/q;+1;-1;;;+2/p-1/t26-,34+,35-,50?;26-,34-,35-,50?;;;;/m11..../s1. The van der Waals surface area contributed by atoms with Crippen molar-refractivity contribution >= 4 is 57.2 Å². The number of carbonyl (C=O) groups is 2. The maximum Gasteiger partial charge on any atom is 2.00 e. The van der Waals surface area contributed by atoms with Crippen LogP contribution in [0.25, 0.3) is 0 Å². The second-order valence-corrected chi connectivity index (χ2v) is 31.2. The second-order valence-electron chi connectivity index (χ2n) is 27.3. The summed E-state index contributed by atoms with van der Waals surface area (Å²) in [6.07, 6.45) is -17.8. The monoisotopic (exact) mass is 1610 g/mol. The molecule has 576 valence electrons. The van der Waals surface area contributed by atoms with Crippen LogP contribution in [0.15, 0.2) is 196 Å². The Morgan fingerprint density at radius 3 is 1.11 bits per heavy atom. The number of hydrogen-bond acceptors (Lipinski definition) is 8. The minimum atomic E-state index is -5.06. The van der Waals surface area contributed by atoms with Crippen LogP contribution in [0.1, 0.15) is 162 Å². The number of piperidine rings is 2. The van der Waals surface area contributed by atoms with Crippen LogP contribution >= 0.6 is 0 Å². The van der Waals surface area contributed by atoms with Crippen LogP contribution in [0.4, 0.5) is 62.3 Å². The van der Waals surface area contributed by atoms with E-state index in [1.54, 1.807) is 142 Å². The smallest absolute Gasteiger partial charge is 1.00 e. The number of carbonyl (C=O) groups excluding carboxylic acids is 2. The van der Waals surface area contributed by atoms with Gasteiger partial charge in [0, 0.05) is 18.7 Å². The van der Waals surface area contributed by atoms with E-state index in [-0.39, 0.29) is 118 Å². The van der Waals surface area contributed by atoms with Gasteiger partial charge in [-0.05, 0) is 151 Å². The fourth-order valence-electron chi connectivity index (χ4n) is 11.8. The summed E-state index contributed by atoms with van der Waals surface area (Å²) in [6.45, 7) is 29.4. The topological polar surface area (TPSA) is 136 Å². The number of amides is 2. The zero-order valence-electron chi connectivity index (χ0n) is 59.5. The third kappa shape index (κ3) is 25.2. The number of halogens is 13. The molecule has 2 amide bonds. The molecule has 2 aliphatic heterocycles. The van der Waals surface area contributed by atoms with Gasteiger partial charge in [-0.25, -0.2) is 47.0 Å². The molecule has 28 heteroatoms. The Morgan fingerprint density at radius 1 is 0.528 bits per heavy atom. The fourth-order valence-corrected chi connectivity index (χ4v) is 13.7. The molecule has 2 saturated heterocycles. The van der Waals surface area contributed by atoms with E-state index < -0.39 is 131 Å². The zero-order chi connectivity index (χ0) is 76.6. The molecule has 0 bridgehead atoms. The Kier molecular flexibility index (Phi) is 34.5. The number of alkyl halides is 12. The predicted molar refractivity (Wildman–Crippen MR) is 388 cm³/mol. The Labute approximate surface area is 646 Å². The summed E-state index contributed by atoms with van der Waals surface area (Å²) in [6, 6.07) is 38.1. The van der Waals surface area contributed by atoms with Crippen molar-refractivity contribution in [2.24, 2.45) is 0 Å². The van der Waals surface area contributed by atoms with Gasteiger partial charge >= 0.3 is 59.9 Å². The Balaban J connectivity index is 0.000000516. The summed E-state index contributed by atoms with van der Waals surface area (Å²) in [7, 11) is -3.12. The fraction of sp³-hybridized carbons (Fsp3) is 0.410. The van der Waals surface area contributed by atoms with E-state index in [1.807, 2.05) is 32.9 Å². The number of rotatable bonds is 22. The molecule has 2 aliphatic rings. The number of likely N-dealkylation sites (tertiary alicyclic amines) is 2. The first-order valence-corrected chi connectivity index (χ1v) is 35.0. The van der Waals surface area contributed by atoms with Gasteiger partial charge in [0.2, 0.25) is 6.10 Å². The van der Waals surface area contributed by atoms with E-state index in [9.17, 15) is 70.7 Å². The molecule has 0 radical (unpaired) electrons. The van der Waals surface area contributed by atoms with E-state index in [2.05, 4.69) is 43.0 Å². The Morgan fingerprint density at radius 2 is 0.821 bits per heavy atom. The van der Waals surface area contributed by atoms with E-state index in [4.69, 9.17) is 18.9 Å². The van der Waals surface area contributed by atoms with Crippen LogP contribution in [0, 0.1) is 13.8 Å². The van der Waals surface area contributed by atoms with Crippen molar-refractivity contribution in [1.82, 2.24) is 19.2 Å². The van der Waals surface area contributed by atoms with Crippen LogP contribution in [0.5, 0.6) is 0 Å². The summed E-state index contributed by atoms with van der Waals surface area (Å²) in [5.41, 5.74) is -8.47. The van der Waals surface area contributed by atoms with Gasteiger partial charge in [0.05, 0.1) is 102 Å². The molecular weight excluding hydrogens is 1520 g/mol. The summed E-state index contributed by atoms with van der Waals surface area (Å²) in [4.78, 5) is 31.4.